The van der Waals surface area contributed by atoms with Crippen molar-refractivity contribution in [3.8, 4) is 0 Å². The lowest BCUT2D eigenvalue weighted by Crippen LogP contribution is -2.54. The van der Waals surface area contributed by atoms with Gasteiger partial charge in [-0.2, -0.15) is 0 Å². The van der Waals surface area contributed by atoms with E-state index in [0.29, 0.717) is 6.42 Å². The van der Waals surface area contributed by atoms with Gasteiger partial charge in [-0.05, 0) is 25.7 Å². The zero-order valence-electron chi connectivity index (χ0n) is 12.8. The minimum Gasteiger partial charge on any atom is -0.450 e. The first kappa shape index (κ1) is 16.3. The number of carbonyl (C=O) groups is 4. The predicted molar refractivity (Wildman–Crippen MR) is 75.8 cm³/mol. The van der Waals surface area contributed by atoms with Crippen molar-refractivity contribution in [3.05, 3.63) is 0 Å². The molecule has 0 unspecified atom stereocenters. The highest BCUT2D eigenvalue weighted by Crippen LogP contribution is 2.38. The van der Waals surface area contributed by atoms with Crippen molar-refractivity contribution in [1.82, 2.24) is 15.5 Å². The SMILES string of the molecule is CCOC(=O)NC(=O)CN1C(=O)N[C@@]2(CCCC[C@@H]2C)C1=O. The molecule has 2 aliphatic rings. The summed E-state index contributed by atoms with van der Waals surface area (Å²) in [4.78, 5) is 48.4. The number of nitrogens with one attached hydrogen (secondary N) is 2. The minimum atomic E-state index is -0.903. The summed E-state index contributed by atoms with van der Waals surface area (Å²) in [5.41, 5.74) is -0.903. The molecular weight excluding hydrogens is 290 g/mol. The maximum atomic E-state index is 12.6. The Labute approximate surface area is 128 Å². The van der Waals surface area contributed by atoms with Gasteiger partial charge in [0.1, 0.15) is 12.1 Å². The molecule has 1 aliphatic heterocycles. The topological polar surface area (TPSA) is 105 Å². The highest BCUT2D eigenvalue weighted by molar-refractivity contribution is 6.10. The molecule has 122 valence electrons. The average molecular weight is 311 g/mol. The maximum Gasteiger partial charge on any atom is 0.413 e. The summed E-state index contributed by atoms with van der Waals surface area (Å²) in [6.07, 6.45) is 2.43. The largest absolute Gasteiger partial charge is 0.450 e. The van der Waals surface area contributed by atoms with E-state index in [1.54, 1.807) is 6.92 Å². The van der Waals surface area contributed by atoms with Gasteiger partial charge in [-0.1, -0.05) is 19.8 Å². The lowest BCUT2D eigenvalue weighted by Gasteiger charge is -2.36. The normalized spacial score (nSPS) is 27.7. The molecule has 2 atom stereocenters. The Morgan fingerprint density at radius 1 is 1.41 bits per heavy atom. The third-order valence-corrected chi connectivity index (χ3v) is 4.32. The second-order valence-corrected chi connectivity index (χ2v) is 5.71. The van der Waals surface area contributed by atoms with Gasteiger partial charge in [0.2, 0.25) is 5.91 Å². The summed E-state index contributed by atoms with van der Waals surface area (Å²) < 4.78 is 4.58. The van der Waals surface area contributed by atoms with E-state index in [0.717, 1.165) is 24.2 Å². The van der Waals surface area contributed by atoms with E-state index in [-0.39, 0.29) is 18.4 Å². The lowest BCUT2D eigenvalue weighted by molar-refractivity contribution is -0.137. The van der Waals surface area contributed by atoms with Crippen LogP contribution in [0.5, 0.6) is 0 Å². The van der Waals surface area contributed by atoms with Crippen LogP contribution in [0.25, 0.3) is 0 Å². The van der Waals surface area contributed by atoms with Crippen molar-refractivity contribution in [2.45, 2.75) is 45.1 Å². The second kappa shape index (κ2) is 6.33. The third kappa shape index (κ3) is 2.90. The number of imide groups is 2. The zero-order valence-corrected chi connectivity index (χ0v) is 12.8. The second-order valence-electron chi connectivity index (χ2n) is 5.71. The molecule has 1 heterocycles. The Balaban J connectivity index is 2.03. The molecule has 0 aromatic heterocycles. The van der Waals surface area contributed by atoms with Crippen molar-refractivity contribution in [2.75, 3.05) is 13.2 Å². The molecule has 2 rings (SSSR count). The van der Waals surface area contributed by atoms with E-state index < -0.39 is 30.1 Å². The fourth-order valence-electron chi connectivity index (χ4n) is 3.10. The number of ether oxygens (including phenoxy) is 1. The fraction of sp³-hybridized carbons (Fsp3) is 0.714. The van der Waals surface area contributed by atoms with Crippen molar-refractivity contribution < 1.29 is 23.9 Å². The summed E-state index contributed by atoms with van der Waals surface area (Å²) in [7, 11) is 0. The Morgan fingerprint density at radius 2 is 2.14 bits per heavy atom. The smallest absolute Gasteiger partial charge is 0.413 e. The van der Waals surface area contributed by atoms with Gasteiger partial charge >= 0.3 is 12.1 Å². The van der Waals surface area contributed by atoms with Crippen LogP contribution in [0.2, 0.25) is 0 Å². The van der Waals surface area contributed by atoms with E-state index in [2.05, 4.69) is 10.1 Å². The van der Waals surface area contributed by atoms with Crippen molar-refractivity contribution in [2.24, 2.45) is 5.92 Å². The maximum absolute atomic E-state index is 12.6. The summed E-state index contributed by atoms with van der Waals surface area (Å²) in [5, 5.41) is 4.72. The standard InChI is InChI=1S/C14H21N3O5/c1-3-22-13(21)15-10(18)8-17-11(19)14(16-12(17)20)7-5-4-6-9(14)2/h9H,3-8H2,1-2H3,(H,16,20)(H,15,18,21)/t9-,14+/m0/s1. The molecule has 2 N–H and O–H groups in total. The van der Waals surface area contributed by atoms with Crippen LogP contribution in [0.15, 0.2) is 0 Å². The number of nitrogens with zero attached hydrogens (tertiary/aromatic N) is 1. The molecule has 0 aromatic rings. The molecule has 0 aromatic carbocycles. The van der Waals surface area contributed by atoms with E-state index in [1.165, 1.54) is 0 Å². The molecular formula is C14H21N3O5. The Kier molecular flexibility index (Phi) is 4.68. The van der Waals surface area contributed by atoms with Gasteiger partial charge in [-0.15, -0.1) is 0 Å². The van der Waals surface area contributed by atoms with Crippen LogP contribution < -0.4 is 10.6 Å². The van der Waals surface area contributed by atoms with Crippen LogP contribution in [-0.4, -0.2) is 47.5 Å². The minimum absolute atomic E-state index is 0.0239. The molecule has 5 amide bonds. The zero-order chi connectivity index (χ0) is 16.3. The number of rotatable bonds is 3. The number of hydrogen-bond acceptors (Lipinski definition) is 5. The van der Waals surface area contributed by atoms with Crippen molar-refractivity contribution in [1.29, 1.82) is 0 Å². The molecule has 1 saturated carbocycles. The van der Waals surface area contributed by atoms with Gasteiger partial charge in [-0.3, -0.25) is 19.8 Å². The van der Waals surface area contributed by atoms with Crippen LogP contribution in [0.3, 0.4) is 0 Å². The monoisotopic (exact) mass is 311 g/mol. The van der Waals surface area contributed by atoms with Gasteiger partial charge in [0, 0.05) is 0 Å². The van der Waals surface area contributed by atoms with Gasteiger partial charge in [0.25, 0.3) is 5.91 Å². The number of alkyl carbamates (subject to hydrolysis) is 1. The van der Waals surface area contributed by atoms with Crippen LogP contribution in [-0.2, 0) is 14.3 Å². The Morgan fingerprint density at radius 3 is 2.77 bits per heavy atom. The number of hydrogen-bond donors (Lipinski definition) is 2. The lowest BCUT2D eigenvalue weighted by atomic mass is 9.73. The van der Waals surface area contributed by atoms with Crippen LogP contribution >= 0.6 is 0 Å². The molecule has 1 saturated heterocycles. The van der Waals surface area contributed by atoms with E-state index in [4.69, 9.17) is 0 Å². The highest BCUT2D eigenvalue weighted by Gasteiger charge is 2.55. The molecule has 0 radical (unpaired) electrons. The quantitative estimate of drug-likeness (QED) is 0.749. The first-order chi connectivity index (χ1) is 10.4. The molecule has 8 nitrogen and oxygen atoms in total. The van der Waals surface area contributed by atoms with E-state index in [9.17, 15) is 19.2 Å². The first-order valence-electron chi connectivity index (χ1n) is 7.51. The van der Waals surface area contributed by atoms with Crippen LogP contribution in [0.1, 0.15) is 39.5 Å². The summed E-state index contributed by atoms with van der Waals surface area (Å²) in [6, 6.07) is -0.585. The number of urea groups is 1. The highest BCUT2D eigenvalue weighted by atomic mass is 16.5. The number of amides is 5. The molecule has 8 heteroatoms. The summed E-state index contributed by atoms with van der Waals surface area (Å²) in [5.74, 6) is -1.11. The van der Waals surface area contributed by atoms with Gasteiger partial charge in [0.05, 0.1) is 6.61 Å². The Hall–Kier alpha value is -2.12. The summed E-state index contributed by atoms with van der Waals surface area (Å²) >= 11 is 0. The fourth-order valence-corrected chi connectivity index (χ4v) is 3.10. The molecule has 2 fully saturated rings. The summed E-state index contributed by atoms with van der Waals surface area (Å²) in [6.45, 7) is 3.18. The van der Waals surface area contributed by atoms with Gasteiger partial charge < -0.3 is 10.1 Å². The Bertz CT molecular complexity index is 507. The van der Waals surface area contributed by atoms with Crippen LogP contribution in [0.4, 0.5) is 9.59 Å². The molecule has 1 spiro atoms. The predicted octanol–water partition coefficient (Wildman–Crippen LogP) is 0.760. The molecule has 22 heavy (non-hydrogen) atoms. The van der Waals surface area contributed by atoms with Crippen molar-refractivity contribution >= 4 is 23.9 Å². The molecule has 0 bridgehead atoms. The number of carbonyl (C=O) groups excluding carboxylic acids is 4. The van der Waals surface area contributed by atoms with E-state index in [1.807, 2.05) is 12.2 Å². The molecule has 1 aliphatic carbocycles. The van der Waals surface area contributed by atoms with E-state index >= 15 is 0 Å². The van der Waals surface area contributed by atoms with Crippen LogP contribution in [0, 0.1) is 5.92 Å². The van der Waals surface area contributed by atoms with Crippen molar-refractivity contribution in [3.63, 3.8) is 0 Å². The third-order valence-electron chi connectivity index (χ3n) is 4.32. The first-order valence-corrected chi connectivity index (χ1v) is 7.51. The van der Waals surface area contributed by atoms with Gasteiger partial charge in [0.15, 0.2) is 0 Å². The van der Waals surface area contributed by atoms with Gasteiger partial charge in [-0.25, -0.2) is 9.59 Å². The average Bonchev–Trinajstić information content (AvgIpc) is 2.68.